The lowest BCUT2D eigenvalue weighted by molar-refractivity contribution is 0.265. The van der Waals surface area contributed by atoms with E-state index in [0.717, 1.165) is 0 Å². The maximum absolute atomic E-state index is 6.40. The highest BCUT2D eigenvalue weighted by atomic mass is 32.1. The molecule has 2 atom stereocenters. The van der Waals surface area contributed by atoms with Crippen molar-refractivity contribution in [2.75, 3.05) is 0 Å². The number of thiophene rings is 1. The van der Waals surface area contributed by atoms with E-state index in [0.29, 0.717) is 5.92 Å². The molecule has 0 radical (unpaired) electrons. The summed E-state index contributed by atoms with van der Waals surface area (Å²) in [5.41, 5.74) is 8.15. The normalized spacial score (nSPS) is 23.6. The monoisotopic (exact) mass is 223 g/mol. The highest BCUT2D eigenvalue weighted by Crippen LogP contribution is 2.40. The number of nitrogens with two attached hydrogens (primary N) is 1. The Morgan fingerprint density at radius 2 is 2.20 bits per heavy atom. The van der Waals surface area contributed by atoms with E-state index in [1.165, 1.54) is 24.8 Å². The molecule has 0 saturated heterocycles. The van der Waals surface area contributed by atoms with Gasteiger partial charge in [0.2, 0.25) is 0 Å². The third-order valence-corrected chi connectivity index (χ3v) is 4.53. The summed E-state index contributed by atoms with van der Waals surface area (Å²) < 4.78 is 0. The summed E-state index contributed by atoms with van der Waals surface area (Å²) in [6.07, 6.45) is 3.84. The van der Waals surface area contributed by atoms with Crippen LogP contribution < -0.4 is 5.73 Å². The van der Waals surface area contributed by atoms with E-state index in [9.17, 15) is 0 Å². The van der Waals surface area contributed by atoms with Crippen LogP contribution in [0.4, 0.5) is 0 Å². The van der Waals surface area contributed by atoms with Gasteiger partial charge in [0.05, 0.1) is 0 Å². The smallest absolute Gasteiger partial charge is 0.0157 e. The first kappa shape index (κ1) is 11.2. The zero-order chi connectivity index (χ0) is 11.1. The Labute approximate surface area is 96.7 Å². The average molecular weight is 223 g/mol. The van der Waals surface area contributed by atoms with Gasteiger partial charge in [-0.3, -0.25) is 0 Å². The number of hydrogen-bond donors (Lipinski definition) is 1. The van der Waals surface area contributed by atoms with Gasteiger partial charge in [0, 0.05) is 16.8 Å². The maximum atomic E-state index is 6.40. The van der Waals surface area contributed by atoms with Gasteiger partial charge < -0.3 is 5.73 Å². The Bertz CT molecular complexity index is 335. The van der Waals surface area contributed by atoms with Crippen LogP contribution in [0.2, 0.25) is 0 Å². The average Bonchev–Trinajstić information content (AvgIpc) is 2.62. The Balaban J connectivity index is 2.26. The van der Waals surface area contributed by atoms with E-state index in [4.69, 9.17) is 5.73 Å². The third-order valence-electron chi connectivity index (χ3n) is 3.53. The molecule has 1 heterocycles. The predicted molar refractivity (Wildman–Crippen MR) is 67.4 cm³/mol. The van der Waals surface area contributed by atoms with Gasteiger partial charge in [-0.05, 0) is 41.7 Å². The van der Waals surface area contributed by atoms with Gasteiger partial charge in [-0.1, -0.05) is 20.8 Å². The molecule has 84 valence electrons. The van der Waals surface area contributed by atoms with Gasteiger partial charge in [0.1, 0.15) is 0 Å². The Hall–Kier alpha value is -0.340. The van der Waals surface area contributed by atoms with Crippen LogP contribution in [0, 0.1) is 5.41 Å². The Kier molecular flexibility index (Phi) is 2.91. The minimum atomic E-state index is 0.210. The van der Waals surface area contributed by atoms with E-state index in [2.05, 4.69) is 32.2 Å². The molecule has 1 nitrogen and oxygen atoms in total. The summed E-state index contributed by atoms with van der Waals surface area (Å²) >= 11 is 1.90. The summed E-state index contributed by atoms with van der Waals surface area (Å²) in [7, 11) is 0. The van der Waals surface area contributed by atoms with Crippen molar-refractivity contribution in [1.82, 2.24) is 0 Å². The minimum absolute atomic E-state index is 0.210. The van der Waals surface area contributed by atoms with Crippen molar-refractivity contribution in [3.8, 4) is 0 Å². The van der Waals surface area contributed by atoms with Crippen molar-refractivity contribution < 1.29 is 0 Å². The molecule has 1 aliphatic rings. The second kappa shape index (κ2) is 3.91. The maximum Gasteiger partial charge on any atom is 0.0157 e. The molecule has 0 fully saturated rings. The van der Waals surface area contributed by atoms with E-state index >= 15 is 0 Å². The molecule has 1 aromatic rings. The molecule has 0 amide bonds. The molecule has 1 aliphatic carbocycles. The lowest BCUT2D eigenvalue weighted by Crippen LogP contribution is -2.41. The van der Waals surface area contributed by atoms with Crippen molar-refractivity contribution in [3.63, 3.8) is 0 Å². The molecule has 15 heavy (non-hydrogen) atoms. The van der Waals surface area contributed by atoms with Gasteiger partial charge in [-0.25, -0.2) is 0 Å². The SMILES string of the molecule is CC(C)(C)C(N)C1CCCc2sccc21. The standard InChI is InChI=1S/C13H21NS/c1-13(2,3)12(14)10-5-4-6-11-9(10)7-8-15-11/h7-8,10,12H,4-6,14H2,1-3H3. The zero-order valence-corrected chi connectivity index (χ0v) is 10.7. The summed E-state index contributed by atoms with van der Waals surface area (Å²) in [5, 5.41) is 2.22. The zero-order valence-electron chi connectivity index (χ0n) is 9.92. The van der Waals surface area contributed by atoms with Gasteiger partial charge in [0.15, 0.2) is 0 Å². The first-order chi connectivity index (χ1) is 7.00. The van der Waals surface area contributed by atoms with Crippen LogP contribution in [-0.4, -0.2) is 6.04 Å². The summed E-state index contributed by atoms with van der Waals surface area (Å²) in [6.45, 7) is 6.74. The largest absolute Gasteiger partial charge is 0.327 e. The third kappa shape index (κ3) is 2.11. The summed E-state index contributed by atoms with van der Waals surface area (Å²) in [5.74, 6) is 0.583. The topological polar surface area (TPSA) is 26.0 Å². The van der Waals surface area contributed by atoms with Crippen LogP contribution >= 0.6 is 11.3 Å². The molecule has 0 aliphatic heterocycles. The fraction of sp³-hybridized carbons (Fsp3) is 0.692. The molecule has 2 N–H and O–H groups in total. The first-order valence-corrected chi connectivity index (χ1v) is 6.70. The number of hydrogen-bond acceptors (Lipinski definition) is 2. The second-order valence-electron chi connectivity index (χ2n) is 5.69. The van der Waals surface area contributed by atoms with Gasteiger partial charge in [-0.15, -0.1) is 11.3 Å². The Morgan fingerprint density at radius 1 is 1.47 bits per heavy atom. The molecule has 2 unspecified atom stereocenters. The van der Waals surface area contributed by atoms with E-state index in [-0.39, 0.29) is 11.5 Å². The molecular weight excluding hydrogens is 202 g/mol. The summed E-state index contributed by atoms with van der Waals surface area (Å²) in [4.78, 5) is 1.57. The van der Waals surface area contributed by atoms with Crippen molar-refractivity contribution >= 4 is 11.3 Å². The highest BCUT2D eigenvalue weighted by molar-refractivity contribution is 7.10. The molecule has 2 heteroatoms. The first-order valence-electron chi connectivity index (χ1n) is 5.82. The fourth-order valence-electron chi connectivity index (χ4n) is 2.50. The number of aryl methyl sites for hydroxylation is 1. The predicted octanol–water partition coefficient (Wildman–Crippen LogP) is 3.54. The molecule has 0 aromatic carbocycles. The van der Waals surface area contributed by atoms with Crippen LogP contribution in [0.1, 0.15) is 50.0 Å². The van der Waals surface area contributed by atoms with E-state index in [1.807, 2.05) is 11.3 Å². The van der Waals surface area contributed by atoms with Gasteiger partial charge in [-0.2, -0.15) is 0 Å². The van der Waals surface area contributed by atoms with Gasteiger partial charge >= 0.3 is 0 Å². The fourth-order valence-corrected chi connectivity index (χ4v) is 3.50. The number of rotatable bonds is 1. The second-order valence-corrected chi connectivity index (χ2v) is 6.69. The minimum Gasteiger partial charge on any atom is -0.327 e. The lowest BCUT2D eigenvalue weighted by Gasteiger charge is -2.36. The van der Waals surface area contributed by atoms with Crippen LogP contribution in [0.15, 0.2) is 11.4 Å². The van der Waals surface area contributed by atoms with E-state index < -0.39 is 0 Å². The molecule has 2 rings (SSSR count). The van der Waals surface area contributed by atoms with E-state index in [1.54, 1.807) is 4.88 Å². The van der Waals surface area contributed by atoms with Crippen molar-refractivity contribution in [2.24, 2.45) is 11.1 Å². The molecule has 0 spiro atoms. The van der Waals surface area contributed by atoms with Crippen molar-refractivity contribution in [2.45, 2.75) is 52.0 Å². The molecule has 0 saturated carbocycles. The highest BCUT2D eigenvalue weighted by Gasteiger charge is 2.33. The van der Waals surface area contributed by atoms with Crippen LogP contribution in [-0.2, 0) is 6.42 Å². The van der Waals surface area contributed by atoms with Crippen molar-refractivity contribution in [1.29, 1.82) is 0 Å². The van der Waals surface area contributed by atoms with Crippen LogP contribution in [0.5, 0.6) is 0 Å². The van der Waals surface area contributed by atoms with Crippen LogP contribution in [0.3, 0.4) is 0 Å². The van der Waals surface area contributed by atoms with Crippen LogP contribution in [0.25, 0.3) is 0 Å². The quantitative estimate of drug-likeness (QED) is 0.774. The summed E-state index contributed by atoms with van der Waals surface area (Å²) in [6, 6.07) is 2.57. The molecule has 0 bridgehead atoms. The lowest BCUT2D eigenvalue weighted by atomic mass is 9.73. The molecule has 1 aromatic heterocycles. The molecular formula is C13H21NS. The van der Waals surface area contributed by atoms with Crippen molar-refractivity contribution in [3.05, 3.63) is 21.9 Å². The Morgan fingerprint density at radius 3 is 2.87 bits per heavy atom. The number of fused-ring (bicyclic) bond motifs is 1. The van der Waals surface area contributed by atoms with Gasteiger partial charge in [0.25, 0.3) is 0 Å².